The van der Waals surface area contributed by atoms with E-state index in [9.17, 15) is 17.2 Å². The lowest BCUT2D eigenvalue weighted by Crippen LogP contribution is -2.07. The molecule has 0 amide bonds. The molecule has 2 aromatic carbocycles. The SMILES string of the molecule is [C-]#[N+]c1ccc(F)c(S(=O)(=O)c2ccc(C)cc2)c1F. The Kier molecular flexibility index (Phi) is 3.55. The maximum atomic E-state index is 14.0. The molecular weight excluding hydrogens is 284 g/mol. The van der Waals surface area contributed by atoms with Gasteiger partial charge in [-0.15, -0.1) is 0 Å². The monoisotopic (exact) mass is 293 g/mol. The van der Waals surface area contributed by atoms with Crippen LogP contribution in [0.1, 0.15) is 5.56 Å². The summed E-state index contributed by atoms with van der Waals surface area (Å²) < 4.78 is 52.2. The number of sulfone groups is 1. The molecule has 0 heterocycles. The lowest BCUT2D eigenvalue weighted by atomic mass is 10.2. The van der Waals surface area contributed by atoms with Gasteiger partial charge in [0, 0.05) is 0 Å². The van der Waals surface area contributed by atoms with Crippen molar-refractivity contribution in [1.82, 2.24) is 0 Å². The lowest BCUT2D eigenvalue weighted by molar-refractivity contribution is 0.522. The Hall–Kier alpha value is -2.26. The van der Waals surface area contributed by atoms with E-state index in [2.05, 4.69) is 4.85 Å². The predicted octanol–water partition coefficient (Wildman–Crippen LogP) is 3.66. The minimum absolute atomic E-state index is 0.219. The summed E-state index contributed by atoms with van der Waals surface area (Å²) in [5.74, 6) is -2.57. The van der Waals surface area contributed by atoms with Crippen LogP contribution in [0.15, 0.2) is 46.2 Å². The molecule has 0 bridgehead atoms. The molecule has 0 aromatic heterocycles. The lowest BCUT2D eigenvalue weighted by Gasteiger charge is -2.08. The molecule has 3 nitrogen and oxygen atoms in total. The Morgan fingerprint density at radius 3 is 2.20 bits per heavy atom. The summed E-state index contributed by atoms with van der Waals surface area (Å²) in [4.78, 5) is 1.53. The van der Waals surface area contributed by atoms with Crippen LogP contribution in [0.5, 0.6) is 0 Å². The molecule has 2 aromatic rings. The van der Waals surface area contributed by atoms with E-state index in [4.69, 9.17) is 6.57 Å². The Morgan fingerprint density at radius 1 is 1.05 bits per heavy atom. The van der Waals surface area contributed by atoms with Gasteiger partial charge in [0.25, 0.3) is 0 Å². The Balaban J connectivity index is 2.73. The summed E-state index contributed by atoms with van der Waals surface area (Å²) in [7, 11) is -4.34. The molecule has 0 saturated heterocycles. The summed E-state index contributed by atoms with van der Waals surface area (Å²) in [6.07, 6.45) is 0. The van der Waals surface area contributed by atoms with Crippen LogP contribution in [0.25, 0.3) is 4.85 Å². The number of aryl methyl sites for hydroxylation is 1. The number of rotatable bonds is 2. The zero-order valence-corrected chi connectivity index (χ0v) is 11.2. The van der Waals surface area contributed by atoms with Gasteiger partial charge >= 0.3 is 0 Å². The molecule has 0 saturated carbocycles. The molecule has 0 fully saturated rings. The summed E-state index contributed by atoms with van der Waals surface area (Å²) >= 11 is 0. The highest BCUT2D eigenvalue weighted by atomic mass is 32.2. The molecule has 6 heteroatoms. The van der Waals surface area contributed by atoms with E-state index in [0.717, 1.165) is 17.7 Å². The number of nitrogens with zero attached hydrogens (tertiary/aromatic N) is 1. The van der Waals surface area contributed by atoms with Gasteiger partial charge < -0.3 is 0 Å². The van der Waals surface area contributed by atoms with Crippen LogP contribution in [0, 0.1) is 25.1 Å². The highest BCUT2D eigenvalue weighted by Crippen LogP contribution is 2.31. The van der Waals surface area contributed by atoms with Crippen LogP contribution in [0.4, 0.5) is 14.5 Å². The van der Waals surface area contributed by atoms with Gasteiger partial charge in [0.1, 0.15) is 10.7 Å². The number of halogens is 2. The second-order valence-corrected chi connectivity index (χ2v) is 6.02. The number of hydrogen-bond donors (Lipinski definition) is 0. The van der Waals surface area contributed by atoms with E-state index < -0.39 is 32.1 Å². The van der Waals surface area contributed by atoms with E-state index in [-0.39, 0.29) is 4.90 Å². The van der Waals surface area contributed by atoms with Crippen molar-refractivity contribution in [3.8, 4) is 0 Å². The Bertz CT molecular complexity index is 806. The van der Waals surface area contributed by atoms with Crippen molar-refractivity contribution in [2.75, 3.05) is 0 Å². The topological polar surface area (TPSA) is 38.5 Å². The maximum Gasteiger partial charge on any atom is 0.223 e. The van der Waals surface area contributed by atoms with Gasteiger partial charge in [0.2, 0.25) is 15.5 Å². The molecular formula is C14H9F2NO2S. The second-order valence-electron chi connectivity index (χ2n) is 4.14. The molecule has 0 aliphatic carbocycles. The molecule has 0 N–H and O–H groups in total. The predicted molar refractivity (Wildman–Crippen MR) is 69.3 cm³/mol. The first kappa shape index (κ1) is 14.2. The molecule has 0 aliphatic rings. The molecule has 0 spiro atoms. The number of hydrogen-bond acceptors (Lipinski definition) is 2. The third-order valence-electron chi connectivity index (χ3n) is 2.75. The first-order valence-electron chi connectivity index (χ1n) is 5.55. The van der Waals surface area contributed by atoms with Crippen molar-refractivity contribution in [2.24, 2.45) is 0 Å². The summed E-state index contributed by atoms with van der Waals surface area (Å²) in [6, 6.07) is 7.29. The quantitative estimate of drug-likeness (QED) is 0.793. The van der Waals surface area contributed by atoms with Crippen molar-refractivity contribution in [2.45, 2.75) is 16.7 Å². The van der Waals surface area contributed by atoms with Crippen molar-refractivity contribution in [3.05, 3.63) is 65.0 Å². The minimum atomic E-state index is -4.34. The molecule has 0 radical (unpaired) electrons. The van der Waals surface area contributed by atoms with Crippen molar-refractivity contribution in [1.29, 1.82) is 0 Å². The van der Waals surface area contributed by atoms with Crippen LogP contribution in [0.3, 0.4) is 0 Å². The summed E-state index contributed by atoms with van der Waals surface area (Å²) in [5, 5.41) is 0. The van der Waals surface area contributed by atoms with Crippen LogP contribution in [-0.4, -0.2) is 8.42 Å². The van der Waals surface area contributed by atoms with Gasteiger partial charge in [-0.1, -0.05) is 23.8 Å². The molecule has 20 heavy (non-hydrogen) atoms. The smallest absolute Gasteiger partial charge is 0.223 e. The van der Waals surface area contributed by atoms with E-state index in [1.54, 1.807) is 6.92 Å². The fourth-order valence-corrected chi connectivity index (χ4v) is 3.09. The minimum Gasteiger partial charge on any atom is -0.235 e. The van der Waals surface area contributed by atoms with Crippen molar-refractivity contribution >= 4 is 15.5 Å². The third kappa shape index (κ3) is 2.28. The van der Waals surface area contributed by atoms with Crippen LogP contribution in [0.2, 0.25) is 0 Å². The van der Waals surface area contributed by atoms with Crippen LogP contribution >= 0.6 is 0 Å². The van der Waals surface area contributed by atoms with Crippen molar-refractivity contribution < 1.29 is 17.2 Å². The standard InChI is InChI=1S/C14H9F2NO2S/c1-9-3-5-10(6-4-9)20(18,19)14-11(15)7-8-12(17-2)13(14)16/h3-8H,1H3. The normalized spacial score (nSPS) is 11.1. The molecule has 0 aliphatic heterocycles. The fourth-order valence-electron chi connectivity index (χ4n) is 1.69. The van der Waals surface area contributed by atoms with E-state index in [1.165, 1.54) is 24.3 Å². The van der Waals surface area contributed by atoms with E-state index >= 15 is 0 Å². The molecule has 0 atom stereocenters. The molecule has 0 unspecified atom stereocenters. The Labute approximate surface area is 115 Å². The highest BCUT2D eigenvalue weighted by Gasteiger charge is 2.27. The van der Waals surface area contributed by atoms with E-state index in [0.29, 0.717) is 0 Å². The zero-order valence-electron chi connectivity index (χ0n) is 10.4. The third-order valence-corrected chi connectivity index (χ3v) is 4.55. The van der Waals surface area contributed by atoms with Gasteiger partial charge in [0.05, 0.1) is 11.5 Å². The summed E-state index contributed by atoms with van der Waals surface area (Å²) in [6.45, 7) is 8.52. The average Bonchev–Trinajstić information content (AvgIpc) is 2.39. The first-order valence-corrected chi connectivity index (χ1v) is 7.03. The van der Waals surface area contributed by atoms with Gasteiger partial charge in [-0.3, -0.25) is 0 Å². The zero-order chi connectivity index (χ0) is 14.9. The summed E-state index contributed by atoms with van der Waals surface area (Å²) in [5.41, 5.74) is 0.289. The van der Waals surface area contributed by atoms with E-state index in [1.807, 2.05) is 0 Å². The van der Waals surface area contributed by atoms with Crippen LogP contribution < -0.4 is 0 Å². The maximum absolute atomic E-state index is 14.0. The largest absolute Gasteiger partial charge is 0.235 e. The molecule has 2 rings (SSSR count). The van der Waals surface area contributed by atoms with Gasteiger partial charge in [0.15, 0.2) is 5.82 Å². The van der Waals surface area contributed by atoms with Crippen molar-refractivity contribution in [3.63, 3.8) is 0 Å². The average molecular weight is 293 g/mol. The number of benzene rings is 2. The molecule has 102 valence electrons. The van der Waals surface area contributed by atoms with Gasteiger partial charge in [-0.25, -0.2) is 22.0 Å². The Morgan fingerprint density at radius 2 is 1.65 bits per heavy atom. The second kappa shape index (κ2) is 5.02. The fraction of sp³-hybridized carbons (Fsp3) is 0.0714. The van der Waals surface area contributed by atoms with Crippen LogP contribution in [-0.2, 0) is 9.84 Å². The van der Waals surface area contributed by atoms with Gasteiger partial charge in [-0.2, -0.15) is 0 Å². The van der Waals surface area contributed by atoms with Gasteiger partial charge in [-0.05, 0) is 25.1 Å². The highest BCUT2D eigenvalue weighted by molar-refractivity contribution is 7.91. The first-order chi connectivity index (χ1) is 9.37.